The number of hydrogen-bond acceptors (Lipinski definition) is 2. The van der Waals surface area contributed by atoms with Gasteiger partial charge in [-0.25, -0.2) is 4.99 Å². The molecule has 0 saturated carbocycles. The lowest BCUT2D eigenvalue weighted by molar-refractivity contribution is -0.120. The van der Waals surface area contributed by atoms with Gasteiger partial charge in [-0.05, 0) is 49.6 Å². The van der Waals surface area contributed by atoms with Gasteiger partial charge >= 0.3 is 0 Å². The maximum absolute atomic E-state index is 12.3. The number of aliphatic imine (C=N–C) groups is 1. The highest BCUT2D eigenvalue weighted by Crippen LogP contribution is 2.30. The van der Waals surface area contributed by atoms with Crippen LogP contribution in [0, 0.1) is 0 Å². The lowest BCUT2D eigenvalue weighted by Gasteiger charge is -2.16. The molecule has 0 unspecified atom stereocenters. The first kappa shape index (κ1) is 12.6. The molecule has 0 aromatic heterocycles. The first-order chi connectivity index (χ1) is 9.15. The summed E-state index contributed by atoms with van der Waals surface area (Å²) in [5.41, 5.74) is 1.39. The zero-order chi connectivity index (χ0) is 13.4. The Balaban J connectivity index is 2.02. The predicted molar refractivity (Wildman–Crippen MR) is 82.7 cm³/mol. The second-order valence-electron chi connectivity index (χ2n) is 4.06. The molecule has 0 radical (unpaired) electrons. The molecular weight excluding hydrogens is 372 g/mol. The lowest BCUT2D eigenvalue weighted by atomic mass is 10.2. The summed E-state index contributed by atoms with van der Waals surface area (Å²) in [6.45, 7) is 0. The number of carbonyl (C=O) groups is 1. The molecule has 1 aromatic rings. The number of halogens is 2. The Kier molecular flexibility index (Phi) is 3.24. The fourth-order valence-electron chi connectivity index (χ4n) is 1.87. The normalized spacial score (nSPS) is 20.1. The summed E-state index contributed by atoms with van der Waals surface area (Å²) in [5.74, 6) is 0.497. The highest BCUT2D eigenvalue weighted by atomic mass is 79.9. The topological polar surface area (TPSA) is 32.7 Å². The zero-order valence-corrected chi connectivity index (χ0v) is 12.8. The minimum absolute atomic E-state index is 0.124. The van der Waals surface area contributed by atoms with E-state index in [0.717, 1.165) is 14.5 Å². The number of carbonyl (C=O) groups excluding carboxylic acids is 1. The van der Waals surface area contributed by atoms with Gasteiger partial charge in [-0.2, -0.15) is 0 Å². The Bertz CT molecular complexity index is 672. The number of amides is 1. The van der Waals surface area contributed by atoms with Crippen molar-refractivity contribution in [2.75, 3.05) is 0 Å². The molecule has 3 rings (SSSR count). The number of allylic oxidation sites excluding steroid dienone is 2. The Labute approximate surface area is 127 Å². The van der Waals surface area contributed by atoms with Gasteiger partial charge < -0.3 is 0 Å². The Morgan fingerprint density at radius 2 is 1.89 bits per heavy atom. The molecule has 0 aliphatic carbocycles. The van der Waals surface area contributed by atoms with Crippen molar-refractivity contribution in [3.05, 3.63) is 62.8 Å². The van der Waals surface area contributed by atoms with Crippen LogP contribution in [0.4, 0.5) is 0 Å². The summed E-state index contributed by atoms with van der Waals surface area (Å²) in [7, 11) is 0. The Morgan fingerprint density at radius 3 is 2.63 bits per heavy atom. The fourth-order valence-corrected chi connectivity index (χ4v) is 3.14. The monoisotopic (exact) mass is 378 g/mol. The minimum Gasteiger partial charge on any atom is -0.266 e. The third kappa shape index (κ3) is 2.35. The molecular formula is C14H8Br2N2O. The zero-order valence-electron chi connectivity index (χ0n) is 9.68. The van der Waals surface area contributed by atoms with Gasteiger partial charge in [-0.1, -0.05) is 30.3 Å². The molecule has 1 aromatic carbocycles. The Hall–Kier alpha value is -1.46. The summed E-state index contributed by atoms with van der Waals surface area (Å²) in [5, 5.41) is 0. The number of hydrogen-bond donors (Lipinski definition) is 0. The molecule has 5 heteroatoms. The fraction of sp³-hybridized carbons (Fsp3) is 0. The second kappa shape index (κ2) is 4.90. The van der Waals surface area contributed by atoms with Crippen LogP contribution in [-0.2, 0) is 4.79 Å². The first-order valence-corrected chi connectivity index (χ1v) is 7.17. The molecule has 0 spiro atoms. The van der Waals surface area contributed by atoms with Crippen molar-refractivity contribution in [2.24, 2.45) is 4.99 Å². The first-order valence-electron chi connectivity index (χ1n) is 5.59. The molecule has 2 aliphatic rings. The van der Waals surface area contributed by atoms with Crippen molar-refractivity contribution in [1.29, 1.82) is 0 Å². The Morgan fingerprint density at radius 1 is 1.16 bits per heavy atom. The van der Waals surface area contributed by atoms with Crippen molar-refractivity contribution < 1.29 is 4.79 Å². The summed E-state index contributed by atoms with van der Waals surface area (Å²) in [6.07, 6.45) is 5.38. The number of fused-ring (bicyclic) bond motifs is 1. The van der Waals surface area contributed by atoms with Crippen molar-refractivity contribution >= 4 is 49.7 Å². The summed E-state index contributed by atoms with van der Waals surface area (Å²) < 4.78 is 1.61. The SMILES string of the molecule is O=C1/C(=C/c2ccccc2)N=C2C(Br)=CC(Br)=CN12. The molecule has 0 saturated heterocycles. The van der Waals surface area contributed by atoms with Crippen LogP contribution in [-0.4, -0.2) is 16.6 Å². The number of rotatable bonds is 1. The van der Waals surface area contributed by atoms with Crippen LogP contribution in [0.2, 0.25) is 0 Å². The maximum Gasteiger partial charge on any atom is 0.282 e. The smallest absolute Gasteiger partial charge is 0.266 e. The number of benzene rings is 1. The number of nitrogens with zero attached hydrogens (tertiary/aromatic N) is 2. The summed E-state index contributed by atoms with van der Waals surface area (Å²) in [6, 6.07) is 9.67. The average molecular weight is 380 g/mol. The molecule has 2 aliphatic heterocycles. The molecule has 0 N–H and O–H groups in total. The van der Waals surface area contributed by atoms with E-state index in [2.05, 4.69) is 36.9 Å². The third-order valence-electron chi connectivity index (χ3n) is 2.73. The van der Waals surface area contributed by atoms with Crippen LogP contribution in [0.15, 0.2) is 62.3 Å². The van der Waals surface area contributed by atoms with Gasteiger partial charge in [0.1, 0.15) is 5.70 Å². The highest BCUT2D eigenvalue weighted by molar-refractivity contribution is 9.12. The molecule has 0 atom stereocenters. The van der Waals surface area contributed by atoms with Crippen LogP contribution >= 0.6 is 31.9 Å². The molecule has 19 heavy (non-hydrogen) atoms. The van der Waals surface area contributed by atoms with Gasteiger partial charge in [0.05, 0.1) is 4.48 Å². The van der Waals surface area contributed by atoms with E-state index in [1.807, 2.05) is 36.4 Å². The average Bonchev–Trinajstić information content (AvgIpc) is 2.69. The highest BCUT2D eigenvalue weighted by Gasteiger charge is 2.32. The van der Waals surface area contributed by atoms with E-state index in [-0.39, 0.29) is 5.91 Å². The third-order valence-corrected chi connectivity index (χ3v) is 3.74. The van der Waals surface area contributed by atoms with Crippen molar-refractivity contribution in [1.82, 2.24) is 4.90 Å². The standard InChI is InChI=1S/C14H8Br2N2O/c15-10-7-11(16)13-17-12(14(19)18(13)8-10)6-9-4-2-1-3-5-9/h1-8H/b12-6-. The second-order valence-corrected chi connectivity index (χ2v) is 5.83. The quantitative estimate of drug-likeness (QED) is 0.683. The van der Waals surface area contributed by atoms with E-state index < -0.39 is 0 Å². The van der Waals surface area contributed by atoms with Crippen LogP contribution in [0.3, 0.4) is 0 Å². The summed E-state index contributed by atoms with van der Waals surface area (Å²) in [4.78, 5) is 18.2. The van der Waals surface area contributed by atoms with E-state index in [1.54, 1.807) is 12.3 Å². The van der Waals surface area contributed by atoms with Gasteiger partial charge in [-0.3, -0.25) is 9.69 Å². The van der Waals surface area contributed by atoms with Crippen LogP contribution in [0.1, 0.15) is 5.56 Å². The van der Waals surface area contributed by atoms with Crippen molar-refractivity contribution in [3.8, 4) is 0 Å². The van der Waals surface area contributed by atoms with E-state index in [4.69, 9.17) is 0 Å². The van der Waals surface area contributed by atoms with Crippen LogP contribution in [0.5, 0.6) is 0 Å². The van der Waals surface area contributed by atoms with Gasteiger partial charge in [0, 0.05) is 10.7 Å². The molecule has 3 nitrogen and oxygen atoms in total. The molecule has 2 heterocycles. The molecule has 1 amide bonds. The van der Waals surface area contributed by atoms with Crippen LogP contribution < -0.4 is 0 Å². The van der Waals surface area contributed by atoms with E-state index in [0.29, 0.717) is 11.5 Å². The van der Waals surface area contributed by atoms with Gasteiger partial charge in [-0.15, -0.1) is 0 Å². The van der Waals surface area contributed by atoms with Gasteiger partial charge in [0.15, 0.2) is 5.84 Å². The predicted octanol–water partition coefficient (Wildman–Crippen LogP) is 3.80. The minimum atomic E-state index is -0.124. The summed E-state index contributed by atoms with van der Waals surface area (Å²) >= 11 is 6.78. The largest absolute Gasteiger partial charge is 0.282 e. The van der Waals surface area contributed by atoms with E-state index >= 15 is 0 Å². The molecule has 0 bridgehead atoms. The number of amidine groups is 1. The van der Waals surface area contributed by atoms with Crippen molar-refractivity contribution in [3.63, 3.8) is 0 Å². The molecule has 0 fully saturated rings. The molecule has 94 valence electrons. The van der Waals surface area contributed by atoms with Crippen molar-refractivity contribution in [2.45, 2.75) is 0 Å². The van der Waals surface area contributed by atoms with Crippen LogP contribution in [0.25, 0.3) is 6.08 Å². The lowest BCUT2D eigenvalue weighted by Crippen LogP contribution is -2.28. The van der Waals surface area contributed by atoms with Gasteiger partial charge in [0.25, 0.3) is 5.91 Å². The maximum atomic E-state index is 12.3. The van der Waals surface area contributed by atoms with E-state index in [9.17, 15) is 4.79 Å². The van der Waals surface area contributed by atoms with E-state index in [1.165, 1.54) is 4.90 Å². The van der Waals surface area contributed by atoms with Gasteiger partial charge in [0.2, 0.25) is 0 Å².